The monoisotopic (exact) mass is 296 g/mol. The molecule has 3 aromatic rings. The van der Waals surface area contributed by atoms with Crippen molar-refractivity contribution >= 4 is 11.6 Å². The Kier molecular flexibility index (Phi) is 3.82. The summed E-state index contributed by atoms with van der Waals surface area (Å²) in [6.07, 6.45) is 5.77. The van der Waals surface area contributed by atoms with Crippen molar-refractivity contribution in [2.24, 2.45) is 0 Å². The average molecular weight is 296 g/mol. The summed E-state index contributed by atoms with van der Waals surface area (Å²) in [6.45, 7) is 4.06. The summed E-state index contributed by atoms with van der Waals surface area (Å²) in [6, 6.07) is 5.66. The van der Waals surface area contributed by atoms with Gasteiger partial charge >= 0.3 is 5.97 Å². The van der Waals surface area contributed by atoms with Crippen molar-refractivity contribution in [3.63, 3.8) is 0 Å². The van der Waals surface area contributed by atoms with Crippen LogP contribution in [0.25, 0.3) is 16.9 Å². The quantitative estimate of drug-likeness (QED) is 0.692. The molecule has 0 atom stereocenters. The number of hydrogen-bond donors (Lipinski definition) is 0. The van der Waals surface area contributed by atoms with E-state index in [1.807, 2.05) is 25.1 Å². The molecule has 0 aliphatic rings. The molecule has 0 unspecified atom stereocenters. The molecular weight excluding hydrogens is 280 g/mol. The molecular formula is C16H16N4O2. The second kappa shape index (κ2) is 5.93. The molecule has 0 N–H and O–H groups in total. The standard InChI is InChI=1S/C16H16N4O2/c1-3-12-14(16(21)22-4-2)15-18-9-7-13(20(15)19-12)11-6-5-8-17-10-11/h5-10H,3-4H2,1-2H3. The molecule has 0 fully saturated rings. The first-order valence-electron chi connectivity index (χ1n) is 7.20. The van der Waals surface area contributed by atoms with Crippen LogP contribution in [-0.4, -0.2) is 32.2 Å². The number of carbonyl (C=O) groups excluding carboxylic acids is 1. The van der Waals surface area contributed by atoms with Gasteiger partial charge in [0.2, 0.25) is 0 Å². The lowest BCUT2D eigenvalue weighted by molar-refractivity contribution is 0.0527. The molecule has 3 aromatic heterocycles. The molecule has 3 rings (SSSR count). The minimum atomic E-state index is -0.384. The number of ether oxygens (including phenoxy) is 1. The van der Waals surface area contributed by atoms with E-state index in [1.54, 1.807) is 30.0 Å². The number of hydrogen-bond acceptors (Lipinski definition) is 5. The number of rotatable bonds is 4. The molecule has 112 valence electrons. The Balaban J connectivity index is 2.25. The molecule has 0 radical (unpaired) electrons. The highest BCUT2D eigenvalue weighted by molar-refractivity contribution is 5.97. The van der Waals surface area contributed by atoms with E-state index in [0.717, 1.165) is 11.3 Å². The van der Waals surface area contributed by atoms with Gasteiger partial charge in [0.15, 0.2) is 5.65 Å². The van der Waals surface area contributed by atoms with Crippen LogP contribution in [-0.2, 0) is 11.2 Å². The molecule has 3 heterocycles. The maximum atomic E-state index is 12.2. The Hall–Kier alpha value is -2.76. The zero-order valence-corrected chi connectivity index (χ0v) is 12.5. The van der Waals surface area contributed by atoms with E-state index in [0.29, 0.717) is 29.9 Å². The molecule has 0 aliphatic carbocycles. The normalized spacial score (nSPS) is 10.8. The molecule has 0 amide bonds. The Morgan fingerprint density at radius 3 is 2.82 bits per heavy atom. The van der Waals surface area contributed by atoms with Gasteiger partial charge in [-0.3, -0.25) is 4.98 Å². The highest BCUT2D eigenvalue weighted by Gasteiger charge is 2.22. The smallest absolute Gasteiger partial charge is 0.343 e. The van der Waals surface area contributed by atoms with Crippen molar-refractivity contribution in [3.8, 4) is 11.3 Å². The number of carbonyl (C=O) groups is 1. The van der Waals surface area contributed by atoms with Gasteiger partial charge in [-0.15, -0.1) is 0 Å². The van der Waals surface area contributed by atoms with Crippen molar-refractivity contribution in [1.29, 1.82) is 0 Å². The lowest BCUT2D eigenvalue weighted by Crippen LogP contribution is -2.07. The third-order valence-electron chi connectivity index (χ3n) is 3.36. The fourth-order valence-electron chi connectivity index (χ4n) is 2.38. The summed E-state index contributed by atoms with van der Waals surface area (Å²) < 4.78 is 6.82. The van der Waals surface area contributed by atoms with Crippen LogP contribution in [0.1, 0.15) is 29.9 Å². The lowest BCUT2D eigenvalue weighted by atomic mass is 10.2. The van der Waals surface area contributed by atoms with Crippen molar-refractivity contribution in [2.75, 3.05) is 6.61 Å². The zero-order chi connectivity index (χ0) is 15.5. The molecule has 6 nitrogen and oxygen atoms in total. The van der Waals surface area contributed by atoms with Crippen molar-refractivity contribution < 1.29 is 9.53 Å². The third kappa shape index (κ3) is 2.32. The first-order valence-corrected chi connectivity index (χ1v) is 7.20. The summed E-state index contributed by atoms with van der Waals surface area (Å²) in [5, 5.41) is 4.54. The van der Waals surface area contributed by atoms with Gasteiger partial charge in [0.25, 0.3) is 0 Å². The third-order valence-corrected chi connectivity index (χ3v) is 3.36. The Morgan fingerprint density at radius 2 is 2.14 bits per heavy atom. The van der Waals surface area contributed by atoms with Crippen LogP contribution in [0.3, 0.4) is 0 Å². The van der Waals surface area contributed by atoms with E-state index in [4.69, 9.17) is 4.74 Å². The van der Waals surface area contributed by atoms with Crippen LogP contribution < -0.4 is 0 Å². The van der Waals surface area contributed by atoms with Crippen LogP contribution in [0.5, 0.6) is 0 Å². The second-order valence-electron chi connectivity index (χ2n) is 4.70. The van der Waals surface area contributed by atoms with Gasteiger partial charge in [0, 0.05) is 24.2 Å². The number of pyridine rings is 1. The number of esters is 1. The molecule has 0 spiro atoms. The van der Waals surface area contributed by atoms with E-state index in [1.165, 1.54) is 0 Å². The summed E-state index contributed by atoms with van der Waals surface area (Å²) in [4.78, 5) is 20.7. The maximum absolute atomic E-state index is 12.2. The van der Waals surface area contributed by atoms with Crippen molar-refractivity contribution in [3.05, 3.63) is 48.0 Å². The zero-order valence-electron chi connectivity index (χ0n) is 12.5. The van der Waals surface area contributed by atoms with E-state index >= 15 is 0 Å². The van der Waals surface area contributed by atoms with Gasteiger partial charge in [-0.05, 0) is 31.5 Å². The van der Waals surface area contributed by atoms with E-state index in [2.05, 4.69) is 15.1 Å². The van der Waals surface area contributed by atoms with Crippen LogP contribution in [0.2, 0.25) is 0 Å². The van der Waals surface area contributed by atoms with Crippen LogP contribution in [0.4, 0.5) is 0 Å². The summed E-state index contributed by atoms with van der Waals surface area (Å²) in [5.74, 6) is -0.384. The Labute approximate surface area is 127 Å². The first kappa shape index (κ1) is 14.2. The van der Waals surface area contributed by atoms with Crippen molar-refractivity contribution in [1.82, 2.24) is 19.6 Å². The highest BCUT2D eigenvalue weighted by Crippen LogP contribution is 2.23. The van der Waals surface area contributed by atoms with Crippen LogP contribution in [0, 0.1) is 0 Å². The largest absolute Gasteiger partial charge is 0.462 e. The predicted octanol–water partition coefficient (Wildman–Crippen LogP) is 2.53. The molecule has 22 heavy (non-hydrogen) atoms. The summed E-state index contributed by atoms with van der Waals surface area (Å²) in [5.41, 5.74) is 3.38. The van der Waals surface area contributed by atoms with Crippen molar-refractivity contribution in [2.45, 2.75) is 20.3 Å². The number of fused-ring (bicyclic) bond motifs is 1. The second-order valence-corrected chi connectivity index (χ2v) is 4.70. The maximum Gasteiger partial charge on any atom is 0.343 e. The molecule has 0 bridgehead atoms. The highest BCUT2D eigenvalue weighted by atomic mass is 16.5. The molecule has 0 aliphatic heterocycles. The average Bonchev–Trinajstić information content (AvgIpc) is 2.94. The van der Waals surface area contributed by atoms with E-state index in [9.17, 15) is 4.79 Å². The van der Waals surface area contributed by atoms with E-state index < -0.39 is 0 Å². The fourth-order valence-corrected chi connectivity index (χ4v) is 2.38. The minimum Gasteiger partial charge on any atom is -0.462 e. The number of aryl methyl sites for hydroxylation is 1. The van der Waals surface area contributed by atoms with Gasteiger partial charge in [-0.1, -0.05) is 6.92 Å². The fraction of sp³-hybridized carbons (Fsp3) is 0.250. The Bertz CT molecular complexity index is 812. The number of aromatic nitrogens is 4. The van der Waals surface area contributed by atoms with Gasteiger partial charge in [-0.2, -0.15) is 5.10 Å². The SMILES string of the molecule is CCOC(=O)c1c(CC)nn2c(-c3cccnc3)ccnc12. The molecule has 0 saturated carbocycles. The number of nitrogens with zero attached hydrogens (tertiary/aromatic N) is 4. The summed E-state index contributed by atoms with van der Waals surface area (Å²) in [7, 11) is 0. The minimum absolute atomic E-state index is 0.321. The first-order chi connectivity index (χ1) is 10.8. The summed E-state index contributed by atoms with van der Waals surface area (Å²) >= 11 is 0. The van der Waals surface area contributed by atoms with Gasteiger partial charge in [0.05, 0.1) is 18.0 Å². The van der Waals surface area contributed by atoms with Gasteiger partial charge in [0.1, 0.15) is 5.56 Å². The molecule has 0 saturated heterocycles. The van der Waals surface area contributed by atoms with Crippen LogP contribution >= 0.6 is 0 Å². The van der Waals surface area contributed by atoms with Gasteiger partial charge < -0.3 is 4.74 Å². The predicted molar refractivity (Wildman–Crippen MR) is 81.6 cm³/mol. The topological polar surface area (TPSA) is 69.4 Å². The molecule has 6 heteroatoms. The van der Waals surface area contributed by atoms with Crippen LogP contribution in [0.15, 0.2) is 36.8 Å². The Morgan fingerprint density at radius 1 is 1.27 bits per heavy atom. The molecule has 0 aromatic carbocycles. The van der Waals surface area contributed by atoms with E-state index in [-0.39, 0.29) is 5.97 Å². The lowest BCUT2D eigenvalue weighted by Gasteiger charge is -2.04. The van der Waals surface area contributed by atoms with Gasteiger partial charge in [-0.25, -0.2) is 14.3 Å².